The third kappa shape index (κ3) is 2.09. The lowest BCUT2D eigenvalue weighted by Gasteiger charge is -2.06. The zero-order chi connectivity index (χ0) is 11.7. The fourth-order valence-corrected chi connectivity index (χ4v) is 2.27. The van der Waals surface area contributed by atoms with Crippen molar-refractivity contribution in [2.45, 2.75) is 19.4 Å². The maximum Gasteiger partial charge on any atom is 0.130 e. The summed E-state index contributed by atoms with van der Waals surface area (Å²) in [6, 6.07) is 0. The van der Waals surface area contributed by atoms with Crippen LogP contribution in [0, 0.1) is 6.92 Å². The fourth-order valence-electron chi connectivity index (χ4n) is 1.52. The number of aromatic nitrogens is 4. The van der Waals surface area contributed by atoms with Crippen LogP contribution in [0.1, 0.15) is 23.1 Å². The predicted octanol–water partition coefficient (Wildman–Crippen LogP) is 1.51. The number of aryl methyl sites for hydroxylation is 2. The van der Waals surface area contributed by atoms with Crippen molar-refractivity contribution < 1.29 is 5.11 Å². The van der Waals surface area contributed by atoms with Crippen molar-refractivity contribution in [1.29, 1.82) is 0 Å². The first-order valence-corrected chi connectivity index (χ1v) is 5.94. The molecule has 2 aromatic rings. The van der Waals surface area contributed by atoms with Gasteiger partial charge in [-0.15, -0.1) is 5.10 Å². The molecule has 0 aliphatic carbocycles. The van der Waals surface area contributed by atoms with E-state index in [2.05, 4.69) is 14.7 Å². The topological polar surface area (TPSA) is 63.8 Å². The molecule has 2 aromatic heterocycles. The van der Waals surface area contributed by atoms with Crippen LogP contribution in [0.15, 0.2) is 5.38 Å². The molecule has 7 heteroatoms. The Labute approximate surface area is 102 Å². The van der Waals surface area contributed by atoms with Gasteiger partial charge in [0.1, 0.15) is 17.0 Å². The molecular formula is C9H11ClN4OS. The lowest BCUT2D eigenvalue weighted by molar-refractivity contribution is 0.173. The predicted molar refractivity (Wildman–Crippen MR) is 61.5 cm³/mol. The summed E-state index contributed by atoms with van der Waals surface area (Å²) in [5, 5.41) is 20.2. The van der Waals surface area contributed by atoms with E-state index in [1.165, 1.54) is 11.5 Å². The molecule has 0 aromatic carbocycles. The quantitative estimate of drug-likeness (QED) is 0.906. The minimum absolute atomic E-state index is 0.407. The zero-order valence-corrected chi connectivity index (χ0v) is 10.5. The number of rotatable bonds is 3. The molecule has 2 rings (SSSR count). The molecule has 86 valence electrons. The molecule has 0 aliphatic heterocycles. The lowest BCUT2D eigenvalue weighted by atomic mass is 10.1. The summed E-state index contributed by atoms with van der Waals surface area (Å²) in [5.74, 6) is 0. The maximum atomic E-state index is 9.93. The Morgan fingerprint density at radius 1 is 1.62 bits per heavy atom. The van der Waals surface area contributed by atoms with Gasteiger partial charge in [-0.2, -0.15) is 5.10 Å². The molecule has 2 heterocycles. The van der Waals surface area contributed by atoms with Crippen LogP contribution >= 0.6 is 23.1 Å². The van der Waals surface area contributed by atoms with E-state index in [1.54, 1.807) is 17.1 Å². The fraction of sp³-hybridized carbons (Fsp3) is 0.444. The molecular weight excluding hydrogens is 248 g/mol. The Hall–Kier alpha value is -0.980. The van der Waals surface area contributed by atoms with Crippen LogP contribution in [0.5, 0.6) is 0 Å². The van der Waals surface area contributed by atoms with Crippen LogP contribution in [-0.4, -0.2) is 24.5 Å². The number of nitrogens with zero attached hydrogens (tertiary/aromatic N) is 4. The van der Waals surface area contributed by atoms with Gasteiger partial charge in [0.15, 0.2) is 0 Å². The SMILES string of the molecule is Cc1nn(C)c(Cl)c1CC(O)c1csnn1. The highest BCUT2D eigenvalue weighted by Crippen LogP contribution is 2.25. The first-order chi connectivity index (χ1) is 7.59. The smallest absolute Gasteiger partial charge is 0.130 e. The highest BCUT2D eigenvalue weighted by molar-refractivity contribution is 7.03. The first-order valence-electron chi connectivity index (χ1n) is 4.72. The summed E-state index contributed by atoms with van der Waals surface area (Å²) in [5.41, 5.74) is 2.25. The normalized spacial score (nSPS) is 13.0. The van der Waals surface area contributed by atoms with Crippen molar-refractivity contribution in [3.8, 4) is 0 Å². The molecule has 1 atom stereocenters. The molecule has 0 saturated carbocycles. The average Bonchev–Trinajstić information content (AvgIpc) is 2.83. The Morgan fingerprint density at radius 3 is 2.88 bits per heavy atom. The molecule has 5 nitrogen and oxygen atoms in total. The number of aliphatic hydroxyl groups is 1. The standard InChI is InChI=1S/C9H11ClN4OS/c1-5-6(9(10)14(2)12-5)3-8(15)7-4-16-13-11-7/h4,8,15H,3H2,1-2H3. The second-order valence-corrected chi connectivity index (χ2v) is 4.50. The summed E-state index contributed by atoms with van der Waals surface area (Å²) in [6.07, 6.45) is -0.275. The average molecular weight is 259 g/mol. The van der Waals surface area contributed by atoms with E-state index >= 15 is 0 Å². The lowest BCUT2D eigenvalue weighted by Crippen LogP contribution is -2.03. The first kappa shape index (κ1) is 11.5. The maximum absolute atomic E-state index is 9.93. The van der Waals surface area contributed by atoms with Gasteiger partial charge in [0.25, 0.3) is 0 Å². The number of aliphatic hydroxyl groups excluding tert-OH is 1. The van der Waals surface area contributed by atoms with Crippen LogP contribution < -0.4 is 0 Å². The molecule has 0 radical (unpaired) electrons. The molecule has 0 saturated heterocycles. The summed E-state index contributed by atoms with van der Waals surface area (Å²) in [7, 11) is 1.77. The van der Waals surface area contributed by atoms with E-state index in [1.807, 2.05) is 6.92 Å². The highest BCUT2D eigenvalue weighted by Gasteiger charge is 2.18. The third-order valence-corrected chi connectivity index (χ3v) is 3.38. The van der Waals surface area contributed by atoms with E-state index in [9.17, 15) is 5.11 Å². The van der Waals surface area contributed by atoms with E-state index in [0.29, 0.717) is 17.3 Å². The van der Waals surface area contributed by atoms with Gasteiger partial charge in [-0.25, -0.2) is 0 Å². The molecule has 0 fully saturated rings. The summed E-state index contributed by atoms with van der Waals surface area (Å²) >= 11 is 7.29. The van der Waals surface area contributed by atoms with E-state index < -0.39 is 6.10 Å². The van der Waals surface area contributed by atoms with Crippen molar-refractivity contribution in [3.05, 3.63) is 27.5 Å². The Balaban J connectivity index is 2.21. The van der Waals surface area contributed by atoms with Crippen molar-refractivity contribution in [2.75, 3.05) is 0 Å². The Bertz CT molecular complexity index is 482. The second kappa shape index (κ2) is 4.48. The second-order valence-electron chi connectivity index (χ2n) is 3.53. The highest BCUT2D eigenvalue weighted by atomic mass is 35.5. The molecule has 16 heavy (non-hydrogen) atoms. The molecule has 1 unspecified atom stereocenters. The monoisotopic (exact) mass is 258 g/mol. The largest absolute Gasteiger partial charge is 0.386 e. The van der Waals surface area contributed by atoms with Gasteiger partial charge in [0.05, 0.1) is 5.69 Å². The van der Waals surface area contributed by atoms with Gasteiger partial charge in [-0.3, -0.25) is 4.68 Å². The van der Waals surface area contributed by atoms with Crippen LogP contribution in [0.4, 0.5) is 0 Å². The molecule has 0 bridgehead atoms. The molecule has 0 spiro atoms. The summed E-state index contributed by atoms with van der Waals surface area (Å²) < 4.78 is 5.31. The van der Waals surface area contributed by atoms with Crippen LogP contribution in [0.2, 0.25) is 5.15 Å². The Morgan fingerprint density at radius 2 is 2.38 bits per heavy atom. The van der Waals surface area contributed by atoms with Crippen molar-refractivity contribution in [2.24, 2.45) is 7.05 Å². The van der Waals surface area contributed by atoms with Gasteiger partial charge in [0, 0.05) is 24.4 Å². The van der Waals surface area contributed by atoms with Gasteiger partial charge < -0.3 is 5.11 Å². The van der Waals surface area contributed by atoms with Gasteiger partial charge in [0.2, 0.25) is 0 Å². The minimum atomic E-state index is -0.681. The summed E-state index contributed by atoms with van der Waals surface area (Å²) in [4.78, 5) is 0. The molecule has 0 aliphatic rings. The third-order valence-electron chi connectivity index (χ3n) is 2.39. The van der Waals surface area contributed by atoms with E-state index in [0.717, 1.165) is 11.3 Å². The van der Waals surface area contributed by atoms with Crippen molar-refractivity contribution >= 4 is 23.1 Å². The number of hydrogen-bond acceptors (Lipinski definition) is 5. The van der Waals surface area contributed by atoms with Crippen LogP contribution in [-0.2, 0) is 13.5 Å². The Kier molecular flexibility index (Phi) is 3.22. The van der Waals surface area contributed by atoms with Crippen LogP contribution in [0.25, 0.3) is 0 Å². The van der Waals surface area contributed by atoms with E-state index in [4.69, 9.17) is 11.6 Å². The van der Waals surface area contributed by atoms with Gasteiger partial charge in [-0.05, 0) is 18.5 Å². The van der Waals surface area contributed by atoms with Gasteiger partial charge in [-0.1, -0.05) is 16.1 Å². The van der Waals surface area contributed by atoms with Gasteiger partial charge >= 0.3 is 0 Å². The zero-order valence-electron chi connectivity index (χ0n) is 8.88. The minimum Gasteiger partial charge on any atom is -0.386 e. The van der Waals surface area contributed by atoms with Crippen molar-refractivity contribution in [1.82, 2.24) is 19.4 Å². The summed E-state index contributed by atoms with van der Waals surface area (Å²) in [6.45, 7) is 1.87. The van der Waals surface area contributed by atoms with E-state index in [-0.39, 0.29) is 0 Å². The number of hydrogen-bond donors (Lipinski definition) is 1. The van der Waals surface area contributed by atoms with Crippen LogP contribution in [0.3, 0.4) is 0 Å². The molecule has 0 amide bonds. The van der Waals surface area contributed by atoms with Crippen molar-refractivity contribution in [3.63, 3.8) is 0 Å². The number of halogens is 1. The molecule has 1 N–H and O–H groups in total.